The van der Waals surface area contributed by atoms with Crippen molar-refractivity contribution in [2.24, 2.45) is 0 Å². The van der Waals surface area contributed by atoms with Gasteiger partial charge in [0.05, 0.1) is 25.4 Å². The maximum atomic E-state index is 12.5. The summed E-state index contributed by atoms with van der Waals surface area (Å²) < 4.78 is 5.51. The van der Waals surface area contributed by atoms with Crippen molar-refractivity contribution in [3.8, 4) is 0 Å². The summed E-state index contributed by atoms with van der Waals surface area (Å²) in [6.07, 6.45) is 101. The number of nitrogens with one attached hydrogen (secondary N) is 1. The van der Waals surface area contributed by atoms with Crippen molar-refractivity contribution < 1.29 is 24.5 Å². The Morgan fingerprint density at radius 1 is 0.307 bits per heavy atom. The number of amides is 1. The molecule has 0 aliphatic heterocycles. The minimum Gasteiger partial charge on any atom is -0.466 e. The summed E-state index contributed by atoms with van der Waals surface area (Å²) in [5.41, 5.74) is 0. The molecule has 2 unspecified atom stereocenters. The van der Waals surface area contributed by atoms with Crippen LogP contribution in [0, 0.1) is 0 Å². The number of carbonyl (C=O) groups is 2. The molecule has 0 heterocycles. The van der Waals surface area contributed by atoms with Crippen LogP contribution in [-0.4, -0.2) is 47.4 Å². The topological polar surface area (TPSA) is 95.9 Å². The van der Waals surface area contributed by atoms with Gasteiger partial charge in [-0.1, -0.05) is 391 Å². The highest BCUT2D eigenvalue weighted by Crippen LogP contribution is 2.20. The van der Waals surface area contributed by atoms with Crippen LogP contribution < -0.4 is 5.32 Å². The Morgan fingerprint density at radius 2 is 0.534 bits per heavy atom. The molecule has 0 aliphatic rings. The van der Waals surface area contributed by atoms with Crippen LogP contribution in [0.5, 0.6) is 0 Å². The molecule has 0 radical (unpaired) electrons. The van der Waals surface area contributed by atoms with Gasteiger partial charge < -0.3 is 20.3 Å². The third-order valence-electron chi connectivity index (χ3n) is 18.9. The lowest BCUT2D eigenvalue weighted by molar-refractivity contribution is -0.143. The van der Waals surface area contributed by atoms with E-state index in [1.807, 2.05) is 6.08 Å². The molecule has 6 nitrogen and oxygen atoms in total. The third kappa shape index (κ3) is 73.1. The average molecular weight is 1240 g/mol. The van der Waals surface area contributed by atoms with Gasteiger partial charge in [-0.15, -0.1) is 0 Å². The van der Waals surface area contributed by atoms with Gasteiger partial charge in [-0.3, -0.25) is 9.59 Å². The second-order valence-corrected chi connectivity index (χ2v) is 27.7. The smallest absolute Gasteiger partial charge is 0.305 e. The first-order valence-corrected chi connectivity index (χ1v) is 40.3. The van der Waals surface area contributed by atoms with Crippen molar-refractivity contribution in [1.29, 1.82) is 0 Å². The lowest BCUT2D eigenvalue weighted by Crippen LogP contribution is -2.45. The van der Waals surface area contributed by atoms with E-state index in [-0.39, 0.29) is 18.5 Å². The second kappa shape index (κ2) is 77.5. The summed E-state index contributed by atoms with van der Waals surface area (Å²) in [5, 5.41) is 23.2. The van der Waals surface area contributed by atoms with E-state index in [1.54, 1.807) is 6.08 Å². The number of hydrogen-bond donors (Lipinski definition) is 3. The molecular formula is C82H157NO5. The Balaban J connectivity index is 3.32. The molecule has 3 N–H and O–H groups in total. The molecule has 0 fully saturated rings. The number of rotatable bonds is 76. The molecule has 0 aliphatic carbocycles. The van der Waals surface area contributed by atoms with Gasteiger partial charge in [0, 0.05) is 12.8 Å². The molecule has 0 aromatic carbocycles. The van der Waals surface area contributed by atoms with Gasteiger partial charge in [-0.25, -0.2) is 0 Å². The number of carbonyl (C=O) groups excluding carboxylic acids is 2. The zero-order valence-electron chi connectivity index (χ0n) is 59.7. The quantitative estimate of drug-likeness (QED) is 0.0320. The summed E-state index contributed by atoms with van der Waals surface area (Å²) in [5.74, 6) is -0.0412. The van der Waals surface area contributed by atoms with Crippen LogP contribution in [0.4, 0.5) is 0 Å². The van der Waals surface area contributed by atoms with Crippen LogP contribution in [0.25, 0.3) is 0 Å². The van der Waals surface area contributed by atoms with Gasteiger partial charge in [0.15, 0.2) is 0 Å². The molecule has 520 valence electrons. The van der Waals surface area contributed by atoms with Gasteiger partial charge in [0.25, 0.3) is 0 Å². The van der Waals surface area contributed by atoms with Crippen LogP contribution in [0.1, 0.15) is 450 Å². The van der Waals surface area contributed by atoms with Crippen molar-refractivity contribution in [2.75, 3.05) is 13.2 Å². The summed E-state index contributed by atoms with van der Waals surface area (Å²) >= 11 is 0. The Bertz CT molecular complexity index is 1430. The number of unbranched alkanes of at least 4 members (excludes halogenated alkanes) is 61. The zero-order valence-corrected chi connectivity index (χ0v) is 59.7. The molecule has 0 bridgehead atoms. The van der Waals surface area contributed by atoms with Gasteiger partial charge in [0.2, 0.25) is 5.91 Å². The molecule has 0 spiro atoms. The SMILES string of the molecule is CCCCCCCCC/C=C\CCCCCCCCCC(=O)OCCCCCCCCCCCCCCCCCCCC/C=C\CCCCCCCCCCCCCCCCCCCC(=O)NC(CO)C(O)/C=C/CCCCCCCCCCCCCC. The van der Waals surface area contributed by atoms with E-state index < -0.39 is 12.1 Å². The fourth-order valence-electron chi connectivity index (χ4n) is 12.7. The molecule has 0 saturated carbocycles. The third-order valence-corrected chi connectivity index (χ3v) is 18.9. The zero-order chi connectivity index (χ0) is 63.5. The van der Waals surface area contributed by atoms with Crippen molar-refractivity contribution >= 4 is 11.9 Å². The van der Waals surface area contributed by atoms with E-state index in [0.29, 0.717) is 19.4 Å². The number of esters is 1. The molecule has 0 rings (SSSR count). The second-order valence-electron chi connectivity index (χ2n) is 27.7. The van der Waals surface area contributed by atoms with E-state index in [1.165, 1.54) is 385 Å². The van der Waals surface area contributed by atoms with Crippen LogP contribution in [0.3, 0.4) is 0 Å². The maximum Gasteiger partial charge on any atom is 0.305 e. The van der Waals surface area contributed by atoms with E-state index in [9.17, 15) is 19.8 Å². The first-order valence-electron chi connectivity index (χ1n) is 40.3. The van der Waals surface area contributed by atoms with Crippen LogP contribution in [-0.2, 0) is 14.3 Å². The van der Waals surface area contributed by atoms with Crippen molar-refractivity contribution in [3.05, 3.63) is 36.5 Å². The molecule has 0 saturated heterocycles. The van der Waals surface area contributed by atoms with E-state index in [0.717, 1.165) is 38.5 Å². The highest BCUT2D eigenvalue weighted by Gasteiger charge is 2.18. The molecule has 2 atom stereocenters. The highest BCUT2D eigenvalue weighted by molar-refractivity contribution is 5.76. The normalized spacial score (nSPS) is 12.6. The summed E-state index contributed by atoms with van der Waals surface area (Å²) in [6.45, 7) is 4.94. The standard InChI is InChI=1S/C82H157NO5/c1-3-5-7-9-11-13-15-17-19-20-45-48-52-56-60-64-68-72-76-82(87)88-77-73-69-65-61-57-53-49-46-43-41-39-37-35-33-31-29-27-25-23-21-22-24-26-28-30-32-34-36-38-40-42-44-47-51-55-59-63-67-71-75-81(86)83-79(78-84)80(85)74-70-66-62-58-54-50-18-16-14-12-10-8-6-4-2/h19-22,70,74,79-80,84-85H,3-18,23-69,71-73,75-78H2,1-2H3,(H,83,86)/b20-19-,22-21-,74-70+. The minimum absolute atomic E-state index is 0.0201. The predicted molar refractivity (Wildman–Crippen MR) is 389 cm³/mol. The predicted octanol–water partition coefficient (Wildman–Crippen LogP) is 26.6. The summed E-state index contributed by atoms with van der Waals surface area (Å²) in [7, 11) is 0. The Morgan fingerprint density at radius 3 is 0.807 bits per heavy atom. The maximum absolute atomic E-state index is 12.5. The van der Waals surface area contributed by atoms with E-state index in [4.69, 9.17) is 4.74 Å². The lowest BCUT2D eigenvalue weighted by Gasteiger charge is -2.20. The van der Waals surface area contributed by atoms with Gasteiger partial charge in [-0.2, -0.15) is 0 Å². The number of aliphatic hydroxyl groups excluding tert-OH is 2. The molecule has 88 heavy (non-hydrogen) atoms. The molecule has 6 heteroatoms. The fraction of sp³-hybridized carbons (Fsp3) is 0.902. The average Bonchev–Trinajstić information content (AvgIpc) is 3.58. The number of ether oxygens (including phenoxy) is 1. The van der Waals surface area contributed by atoms with Crippen molar-refractivity contribution in [3.63, 3.8) is 0 Å². The Labute approximate surface area is 551 Å². The summed E-state index contributed by atoms with van der Waals surface area (Å²) in [4.78, 5) is 24.6. The lowest BCUT2D eigenvalue weighted by atomic mass is 10.0. The van der Waals surface area contributed by atoms with Gasteiger partial charge >= 0.3 is 5.97 Å². The number of hydrogen-bond acceptors (Lipinski definition) is 5. The van der Waals surface area contributed by atoms with E-state index in [2.05, 4.69) is 43.5 Å². The van der Waals surface area contributed by atoms with Gasteiger partial charge in [0.1, 0.15) is 0 Å². The minimum atomic E-state index is -0.841. The van der Waals surface area contributed by atoms with Crippen LogP contribution >= 0.6 is 0 Å². The Kier molecular flexibility index (Phi) is 75.8. The highest BCUT2D eigenvalue weighted by atomic mass is 16.5. The Hall–Kier alpha value is -1.92. The van der Waals surface area contributed by atoms with Crippen LogP contribution in [0.15, 0.2) is 36.5 Å². The molecule has 0 aromatic heterocycles. The van der Waals surface area contributed by atoms with E-state index >= 15 is 0 Å². The first-order chi connectivity index (χ1) is 43.5. The molecule has 0 aromatic rings. The molecule has 1 amide bonds. The molecular weight excluding hydrogens is 1080 g/mol. The van der Waals surface area contributed by atoms with Crippen LogP contribution in [0.2, 0.25) is 0 Å². The van der Waals surface area contributed by atoms with Gasteiger partial charge in [-0.05, 0) is 83.5 Å². The number of aliphatic hydroxyl groups is 2. The van der Waals surface area contributed by atoms with Crippen molar-refractivity contribution in [2.45, 2.75) is 463 Å². The van der Waals surface area contributed by atoms with Crippen molar-refractivity contribution in [1.82, 2.24) is 5.32 Å². The number of allylic oxidation sites excluding steroid dienone is 5. The largest absolute Gasteiger partial charge is 0.466 e. The first kappa shape index (κ1) is 86.1. The monoisotopic (exact) mass is 1240 g/mol. The summed E-state index contributed by atoms with van der Waals surface area (Å²) in [6, 6.07) is -0.624. The fourth-order valence-corrected chi connectivity index (χ4v) is 12.7.